The largest absolute Gasteiger partial charge is 0.463 e. The van der Waals surface area contributed by atoms with Gasteiger partial charge in [-0.3, -0.25) is 14.4 Å². The number of rotatable bonds is 18. The van der Waals surface area contributed by atoms with Gasteiger partial charge in [-0.05, 0) is 57.1 Å². The van der Waals surface area contributed by atoms with Crippen LogP contribution in [0.15, 0.2) is 86.0 Å². The molecular formula is C33H44N2O5. The van der Waals surface area contributed by atoms with Gasteiger partial charge in [-0.1, -0.05) is 72.8 Å². The number of aliphatic hydroxyl groups is 1. The number of amides is 2. The van der Waals surface area contributed by atoms with Crippen LogP contribution in [0.1, 0.15) is 50.7 Å². The van der Waals surface area contributed by atoms with Crippen molar-refractivity contribution >= 4 is 17.8 Å². The Labute approximate surface area is 238 Å². The molecule has 0 radical (unpaired) electrons. The summed E-state index contributed by atoms with van der Waals surface area (Å²) in [6.45, 7) is 10.8. The normalized spacial score (nSPS) is 13.4. The summed E-state index contributed by atoms with van der Waals surface area (Å²) >= 11 is 0. The van der Waals surface area contributed by atoms with E-state index in [2.05, 4.69) is 23.8 Å². The number of aliphatic hydroxyl groups excluding tert-OH is 1. The number of ether oxygens (including phenoxy) is 1. The second-order valence-electron chi connectivity index (χ2n) is 10.8. The molecule has 3 atom stereocenters. The van der Waals surface area contributed by atoms with Crippen molar-refractivity contribution in [3.05, 3.63) is 97.1 Å². The number of hydrogen-bond acceptors (Lipinski definition) is 5. The summed E-state index contributed by atoms with van der Waals surface area (Å²) in [5, 5.41) is 15.5. The highest BCUT2D eigenvalue weighted by molar-refractivity contribution is 5.86. The van der Waals surface area contributed by atoms with Crippen LogP contribution in [0, 0.1) is 11.8 Å². The molecule has 3 N–H and O–H groups in total. The zero-order valence-electron chi connectivity index (χ0n) is 23.8. The van der Waals surface area contributed by atoms with E-state index in [-0.39, 0.29) is 43.3 Å². The van der Waals surface area contributed by atoms with Crippen LogP contribution in [0.5, 0.6) is 0 Å². The van der Waals surface area contributed by atoms with Crippen molar-refractivity contribution in [2.75, 3.05) is 13.2 Å². The molecule has 0 saturated heterocycles. The van der Waals surface area contributed by atoms with Gasteiger partial charge in [-0.15, -0.1) is 13.2 Å². The second kappa shape index (κ2) is 17.1. The van der Waals surface area contributed by atoms with Crippen molar-refractivity contribution in [1.82, 2.24) is 10.6 Å². The first kappa shape index (κ1) is 32.5. The number of allylic oxidation sites excluding steroid dienone is 2. The number of benzene rings is 2. The molecule has 0 spiro atoms. The standard InChI is InChI=1S/C33H44N2O5/c1-5-7-19-28(20-25-15-10-8-11-16-25)32(39)40-24-33(3,4)35-31(38)27(14-6-2)22-30(37)34-29(23-36)21-26-17-12-9-13-18-26/h5-6,8-13,15-18,27-29,36H,1-2,7,14,19-24H2,3-4H3,(H,34,37)(H,35,38). The third-order valence-electron chi connectivity index (χ3n) is 6.58. The Morgan fingerprint density at radius 3 is 2.08 bits per heavy atom. The summed E-state index contributed by atoms with van der Waals surface area (Å²) < 4.78 is 5.67. The summed E-state index contributed by atoms with van der Waals surface area (Å²) in [6.07, 6.45) is 6.01. The molecule has 0 aromatic heterocycles. The highest BCUT2D eigenvalue weighted by atomic mass is 16.5. The van der Waals surface area contributed by atoms with Gasteiger partial charge >= 0.3 is 5.97 Å². The molecule has 0 heterocycles. The summed E-state index contributed by atoms with van der Waals surface area (Å²) in [6, 6.07) is 18.9. The molecule has 40 heavy (non-hydrogen) atoms. The van der Waals surface area contributed by atoms with E-state index in [9.17, 15) is 19.5 Å². The van der Waals surface area contributed by atoms with Gasteiger partial charge in [0.25, 0.3) is 0 Å². The van der Waals surface area contributed by atoms with Crippen molar-refractivity contribution < 1.29 is 24.2 Å². The molecule has 2 aromatic carbocycles. The highest BCUT2D eigenvalue weighted by Gasteiger charge is 2.30. The van der Waals surface area contributed by atoms with Gasteiger partial charge in [-0.2, -0.15) is 0 Å². The van der Waals surface area contributed by atoms with Crippen molar-refractivity contribution in [2.45, 2.75) is 64.0 Å². The first-order valence-corrected chi connectivity index (χ1v) is 13.9. The van der Waals surface area contributed by atoms with Crippen molar-refractivity contribution in [1.29, 1.82) is 0 Å². The molecule has 7 nitrogen and oxygen atoms in total. The molecular weight excluding hydrogens is 504 g/mol. The fourth-order valence-corrected chi connectivity index (χ4v) is 4.42. The Bertz CT molecular complexity index is 1080. The molecule has 7 heteroatoms. The predicted molar refractivity (Wildman–Crippen MR) is 158 cm³/mol. The smallest absolute Gasteiger partial charge is 0.309 e. The Kier molecular flexibility index (Phi) is 13.9. The topological polar surface area (TPSA) is 105 Å². The average Bonchev–Trinajstić information content (AvgIpc) is 2.94. The highest BCUT2D eigenvalue weighted by Crippen LogP contribution is 2.19. The molecule has 0 aliphatic carbocycles. The zero-order chi connectivity index (χ0) is 29.4. The lowest BCUT2D eigenvalue weighted by molar-refractivity contribution is -0.151. The first-order valence-electron chi connectivity index (χ1n) is 13.9. The second-order valence-corrected chi connectivity index (χ2v) is 10.8. The number of hydrogen-bond donors (Lipinski definition) is 3. The molecule has 0 bridgehead atoms. The Balaban J connectivity index is 1.93. The third kappa shape index (κ3) is 12.0. The van der Waals surface area contributed by atoms with E-state index in [1.165, 1.54) is 0 Å². The van der Waals surface area contributed by atoms with Crippen LogP contribution in [0.3, 0.4) is 0 Å². The van der Waals surface area contributed by atoms with Crippen LogP contribution < -0.4 is 10.6 Å². The Morgan fingerprint density at radius 1 is 0.925 bits per heavy atom. The maximum Gasteiger partial charge on any atom is 0.309 e. The molecule has 0 saturated carbocycles. The van der Waals surface area contributed by atoms with Gasteiger partial charge in [-0.25, -0.2) is 0 Å². The molecule has 0 aliphatic heterocycles. The minimum absolute atomic E-state index is 0.00633. The number of esters is 1. The number of carbonyl (C=O) groups is 3. The van der Waals surface area contributed by atoms with Crippen molar-refractivity contribution in [3.8, 4) is 0 Å². The molecule has 0 fully saturated rings. The van der Waals surface area contributed by atoms with Crippen LogP contribution in [0.2, 0.25) is 0 Å². The molecule has 2 aromatic rings. The number of nitrogens with one attached hydrogen (secondary N) is 2. The van der Waals surface area contributed by atoms with Crippen molar-refractivity contribution in [2.24, 2.45) is 11.8 Å². The lowest BCUT2D eigenvalue weighted by Gasteiger charge is -2.29. The predicted octanol–water partition coefficient (Wildman–Crippen LogP) is 4.55. The van der Waals surface area contributed by atoms with Crippen LogP contribution in [0.25, 0.3) is 0 Å². The third-order valence-corrected chi connectivity index (χ3v) is 6.58. The van der Waals surface area contributed by atoms with E-state index in [4.69, 9.17) is 4.74 Å². The summed E-state index contributed by atoms with van der Waals surface area (Å²) in [5.74, 6) is -1.94. The van der Waals surface area contributed by atoms with Crippen LogP contribution >= 0.6 is 0 Å². The fraction of sp³-hybridized carbons (Fsp3) is 0.424. The molecule has 0 aliphatic rings. The van der Waals surface area contributed by atoms with Gasteiger partial charge in [0, 0.05) is 6.42 Å². The van der Waals surface area contributed by atoms with E-state index < -0.39 is 17.5 Å². The van der Waals surface area contributed by atoms with E-state index in [0.29, 0.717) is 32.1 Å². The van der Waals surface area contributed by atoms with Gasteiger partial charge in [0.15, 0.2) is 0 Å². The van der Waals surface area contributed by atoms with E-state index in [1.807, 2.05) is 60.7 Å². The monoisotopic (exact) mass is 548 g/mol. The maximum absolute atomic E-state index is 13.2. The summed E-state index contributed by atoms with van der Waals surface area (Å²) in [4.78, 5) is 38.9. The van der Waals surface area contributed by atoms with Crippen LogP contribution in [-0.4, -0.2) is 47.7 Å². The van der Waals surface area contributed by atoms with E-state index in [1.54, 1.807) is 26.0 Å². The van der Waals surface area contributed by atoms with Gasteiger partial charge in [0.05, 0.1) is 30.0 Å². The van der Waals surface area contributed by atoms with Gasteiger partial charge in [0.2, 0.25) is 11.8 Å². The lowest BCUT2D eigenvalue weighted by Crippen LogP contribution is -2.50. The molecule has 2 amide bonds. The Hall–Kier alpha value is -3.71. The minimum Gasteiger partial charge on any atom is -0.463 e. The van der Waals surface area contributed by atoms with Crippen molar-refractivity contribution in [3.63, 3.8) is 0 Å². The average molecular weight is 549 g/mol. The quantitative estimate of drug-likeness (QED) is 0.187. The van der Waals surface area contributed by atoms with E-state index >= 15 is 0 Å². The molecule has 2 rings (SSSR count). The number of carbonyl (C=O) groups excluding carboxylic acids is 3. The lowest BCUT2D eigenvalue weighted by atomic mass is 9.94. The SMILES string of the molecule is C=CCCC(Cc1ccccc1)C(=O)OCC(C)(C)NC(=O)C(CC=C)CC(=O)NC(CO)Cc1ccccc1. The fourth-order valence-electron chi connectivity index (χ4n) is 4.42. The Morgan fingerprint density at radius 2 is 1.52 bits per heavy atom. The van der Waals surface area contributed by atoms with Gasteiger partial charge < -0.3 is 20.5 Å². The summed E-state index contributed by atoms with van der Waals surface area (Å²) in [7, 11) is 0. The minimum atomic E-state index is -0.848. The van der Waals surface area contributed by atoms with E-state index in [0.717, 1.165) is 11.1 Å². The van der Waals surface area contributed by atoms with Crippen LogP contribution in [-0.2, 0) is 32.0 Å². The molecule has 3 unspecified atom stereocenters. The van der Waals surface area contributed by atoms with Crippen LogP contribution in [0.4, 0.5) is 0 Å². The first-order chi connectivity index (χ1) is 19.2. The zero-order valence-corrected chi connectivity index (χ0v) is 23.8. The maximum atomic E-state index is 13.2. The van der Waals surface area contributed by atoms with Gasteiger partial charge in [0.1, 0.15) is 6.61 Å². The molecule has 216 valence electrons. The summed E-state index contributed by atoms with van der Waals surface area (Å²) in [5.41, 5.74) is 1.20.